The first-order chi connectivity index (χ1) is 15.4. The molecule has 10 heteroatoms. The molecular formula is C22H25N5O4S. The zero-order valence-corrected chi connectivity index (χ0v) is 19.2. The second kappa shape index (κ2) is 10.7. The SMILES string of the molecule is COc1ccc(-n2c(C)nnc2SCC(=O)NCC(=O)Nc2cc(C)ccc2OC)cc1. The third-order valence-electron chi connectivity index (χ3n) is 4.53. The lowest BCUT2D eigenvalue weighted by Gasteiger charge is -2.12. The minimum Gasteiger partial charge on any atom is -0.497 e. The number of methoxy groups -OCH3 is 2. The number of hydrogen-bond donors (Lipinski definition) is 2. The molecule has 0 aliphatic rings. The summed E-state index contributed by atoms with van der Waals surface area (Å²) in [5, 5.41) is 14.2. The Labute approximate surface area is 190 Å². The molecule has 0 aliphatic heterocycles. The van der Waals surface area contributed by atoms with Crippen molar-refractivity contribution < 1.29 is 19.1 Å². The number of hydrogen-bond acceptors (Lipinski definition) is 7. The van der Waals surface area contributed by atoms with Crippen LogP contribution in [0.1, 0.15) is 11.4 Å². The zero-order chi connectivity index (χ0) is 23.1. The predicted molar refractivity (Wildman–Crippen MR) is 123 cm³/mol. The molecule has 3 rings (SSSR count). The number of benzene rings is 2. The number of amides is 2. The number of aryl methyl sites for hydroxylation is 2. The van der Waals surface area contributed by atoms with Crippen LogP contribution < -0.4 is 20.1 Å². The minimum atomic E-state index is -0.343. The number of thioether (sulfide) groups is 1. The molecule has 1 heterocycles. The molecule has 0 radical (unpaired) electrons. The van der Waals surface area contributed by atoms with Crippen molar-refractivity contribution >= 4 is 29.3 Å². The number of nitrogens with one attached hydrogen (secondary N) is 2. The molecule has 168 valence electrons. The van der Waals surface area contributed by atoms with E-state index in [-0.39, 0.29) is 24.1 Å². The van der Waals surface area contributed by atoms with E-state index in [4.69, 9.17) is 9.47 Å². The van der Waals surface area contributed by atoms with E-state index in [0.717, 1.165) is 17.0 Å². The summed E-state index contributed by atoms with van der Waals surface area (Å²) in [6.07, 6.45) is 0. The Morgan fingerprint density at radius 2 is 1.75 bits per heavy atom. The van der Waals surface area contributed by atoms with E-state index in [9.17, 15) is 9.59 Å². The van der Waals surface area contributed by atoms with Crippen molar-refractivity contribution in [3.8, 4) is 17.2 Å². The van der Waals surface area contributed by atoms with Gasteiger partial charge in [-0.05, 0) is 55.8 Å². The van der Waals surface area contributed by atoms with E-state index in [1.807, 2.05) is 54.8 Å². The average Bonchev–Trinajstić information content (AvgIpc) is 3.16. The highest BCUT2D eigenvalue weighted by Crippen LogP contribution is 2.25. The lowest BCUT2D eigenvalue weighted by atomic mass is 10.2. The Hall–Kier alpha value is -3.53. The predicted octanol–water partition coefficient (Wildman–Crippen LogP) is 2.75. The number of ether oxygens (including phenoxy) is 2. The van der Waals surface area contributed by atoms with Crippen LogP contribution in [0.4, 0.5) is 5.69 Å². The molecule has 0 bridgehead atoms. The van der Waals surface area contributed by atoms with Gasteiger partial charge in [0, 0.05) is 5.69 Å². The summed E-state index contributed by atoms with van der Waals surface area (Å²) in [7, 11) is 3.14. The fraction of sp³-hybridized carbons (Fsp3) is 0.273. The molecular weight excluding hydrogens is 430 g/mol. The number of rotatable bonds is 9. The third kappa shape index (κ3) is 5.79. The maximum atomic E-state index is 12.3. The summed E-state index contributed by atoms with van der Waals surface area (Å²) in [6, 6.07) is 13.0. The van der Waals surface area contributed by atoms with Gasteiger partial charge in [-0.2, -0.15) is 0 Å². The Morgan fingerprint density at radius 1 is 1.00 bits per heavy atom. The zero-order valence-electron chi connectivity index (χ0n) is 18.3. The quantitative estimate of drug-likeness (QED) is 0.478. The Kier molecular flexibility index (Phi) is 7.72. The van der Waals surface area contributed by atoms with Gasteiger partial charge in [0.1, 0.15) is 17.3 Å². The van der Waals surface area contributed by atoms with Crippen LogP contribution in [0, 0.1) is 13.8 Å². The summed E-state index contributed by atoms with van der Waals surface area (Å²) in [5.74, 6) is 1.46. The molecule has 3 aromatic rings. The Bertz CT molecular complexity index is 1100. The van der Waals surface area contributed by atoms with Crippen LogP contribution >= 0.6 is 11.8 Å². The third-order valence-corrected chi connectivity index (χ3v) is 5.46. The number of carbonyl (C=O) groups is 2. The second-order valence-corrected chi connectivity index (χ2v) is 7.82. The topological polar surface area (TPSA) is 107 Å². The monoisotopic (exact) mass is 455 g/mol. The minimum absolute atomic E-state index is 0.0926. The molecule has 0 saturated heterocycles. The molecule has 0 aliphatic carbocycles. The molecule has 9 nitrogen and oxygen atoms in total. The molecule has 0 fully saturated rings. The molecule has 0 saturated carbocycles. The van der Waals surface area contributed by atoms with Crippen molar-refractivity contribution in [2.45, 2.75) is 19.0 Å². The van der Waals surface area contributed by atoms with E-state index in [1.54, 1.807) is 13.2 Å². The van der Waals surface area contributed by atoms with Crippen LogP contribution in [0.5, 0.6) is 11.5 Å². The first-order valence-electron chi connectivity index (χ1n) is 9.81. The lowest BCUT2D eigenvalue weighted by molar-refractivity contribution is -0.122. The standard InChI is InChI=1S/C22H25N5O4S/c1-14-5-10-19(31-4)18(11-14)24-20(28)12-23-21(29)13-32-22-26-25-15(2)27(22)16-6-8-17(30-3)9-7-16/h5-11H,12-13H2,1-4H3,(H,23,29)(H,24,28). The van der Waals surface area contributed by atoms with Crippen molar-refractivity contribution in [3.05, 3.63) is 53.9 Å². The van der Waals surface area contributed by atoms with Crippen molar-refractivity contribution in [1.29, 1.82) is 0 Å². The summed E-state index contributed by atoms with van der Waals surface area (Å²) in [5.41, 5.74) is 2.41. The van der Waals surface area contributed by atoms with Crippen molar-refractivity contribution in [2.24, 2.45) is 0 Å². The molecule has 1 aromatic heterocycles. The van der Waals surface area contributed by atoms with Gasteiger partial charge in [0.25, 0.3) is 0 Å². The molecule has 32 heavy (non-hydrogen) atoms. The maximum absolute atomic E-state index is 12.3. The van der Waals surface area contributed by atoms with E-state index >= 15 is 0 Å². The summed E-state index contributed by atoms with van der Waals surface area (Å²) in [4.78, 5) is 24.5. The van der Waals surface area contributed by atoms with Crippen LogP contribution in [0.25, 0.3) is 5.69 Å². The molecule has 0 spiro atoms. The van der Waals surface area contributed by atoms with Gasteiger partial charge in [-0.1, -0.05) is 17.8 Å². The molecule has 2 amide bonds. The Morgan fingerprint density at radius 3 is 2.44 bits per heavy atom. The number of anilines is 1. The van der Waals surface area contributed by atoms with Crippen molar-refractivity contribution in [3.63, 3.8) is 0 Å². The average molecular weight is 456 g/mol. The summed E-state index contributed by atoms with van der Waals surface area (Å²) in [6.45, 7) is 3.60. The highest BCUT2D eigenvalue weighted by atomic mass is 32.2. The highest BCUT2D eigenvalue weighted by molar-refractivity contribution is 7.99. The van der Waals surface area contributed by atoms with E-state index in [0.29, 0.717) is 22.4 Å². The first-order valence-corrected chi connectivity index (χ1v) is 10.8. The van der Waals surface area contributed by atoms with Crippen molar-refractivity contribution in [2.75, 3.05) is 31.8 Å². The second-order valence-electron chi connectivity index (χ2n) is 6.88. The largest absolute Gasteiger partial charge is 0.497 e. The van der Waals surface area contributed by atoms with Crippen LogP contribution in [0.15, 0.2) is 47.6 Å². The normalized spacial score (nSPS) is 10.5. The van der Waals surface area contributed by atoms with Crippen LogP contribution in [-0.2, 0) is 9.59 Å². The van der Waals surface area contributed by atoms with Gasteiger partial charge in [-0.15, -0.1) is 10.2 Å². The highest BCUT2D eigenvalue weighted by Gasteiger charge is 2.14. The summed E-state index contributed by atoms with van der Waals surface area (Å²) < 4.78 is 12.3. The van der Waals surface area contributed by atoms with E-state index in [2.05, 4.69) is 20.8 Å². The van der Waals surface area contributed by atoms with Gasteiger partial charge in [0.2, 0.25) is 11.8 Å². The summed E-state index contributed by atoms with van der Waals surface area (Å²) >= 11 is 1.24. The number of aromatic nitrogens is 3. The van der Waals surface area contributed by atoms with Crippen LogP contribution in [0.2, 0.25) is 0 Å². The van der Waals surface area contributed by atoms with E-state index < -0.39 is 0 Å². The van der Waals surface area contributed by atoms with Gasteiger partial charge in [0.15, 0.2) is 5.16 Å². The number of carbonyl (C=O) groups excluding carboxylic acids is 2. The first kappa shape index (κ1) is 23.1. The Balaban J connectivity index is 1.54. The molecule has 0 unspecified atom stereocenters. The van der Waals surface area contributed by atoms with Crippen LogP contribution in [0.3, 0.4) is 0 Å². The van der Waals surface area contributed by atoms with Gasteiger partial charge >= 0.3 is 0 Å². The molecule has 2 N–H and O–H groups in total. The van der Waals surface area contributed by atoms with Crippen molar-refractivity contribution in [1.82, 2.24) is 20.1 Å². The van der Waals surface area contributed by atoms with Gasteiger partial charge in [0.05, 0.1) is 32.2 Å². The fourth-order valence-electron chi connectivity index (χ4n) is 2.94. The fourth-order valence-corrected chi connectivity index (χ4v) is 3.77. The smallest absolute Gasteiger partial charge is 0.243 e. The van der Waals surface area contributed by atoms with E-state index in [1.165, 1.54) is 18.9 Å². The van der Waals surface area contributed by atoms with Crippen LogP contribution in [-0.4, -0.2) is 53.1 Å². The lowest BCUT2D eigenvalue weighted by Crippen LogP contribution is -2.34. The maximum Gasteiger partial charge on any atom is 0.243 e. The molecule has 2 aromatic carbocycles. The van der Waals surface area contributed by atoms with Gasteiger partial charge in [-0.3, -0.25) is 14.2 Å². The van der Waals surface area contributed by atoms with Gasteiger partial charge < -0.3 is 20.1 Å². The number of nitrogens with zero attached hydrogens (tertiary/aromatic N) is 3. The van der Waals surface area contributed by atoms with Gasteiger partial charge in [-0.25, -0.2) is 0 Å². The molecule has 0 atom stereocenters.